The van der Waals surface area contributed by atoms with E-state index in [1.54, 1.807) is 0 Å². The van der Waals surface area contributed by atoms with E-state index in [9.17, 15) is 0 Å². The molecule has 13 heavy (non-hydrogen) atoms. The first kappa shape index (κ1) is 10.6. The van der Waals surface area contributed by atoms with Gasteiger partial charge in [-0.1, -0.05) is 13.8 Å². The summed E-state index contributed by atoms with van der Waals surface area (Å²) in [6.45, 7) is 6.26. The Morgan fingerprint density at radius 1 is 1.38 bits per heavy atom. The van der Waals surface area contributed by atoms with Gasteiger partial charge in [0, 0.05) is 18.3 Å². The summed E-state index contributed by atoms with van der Waals surface area (Å²) >= 11 is 6.13. The smallest absolute Gasteiger partial charge is 0.0671 e. The van der Waals surface area contributed by atoms with Crippen molar-refractivity contribution >= 4 is 11.6 Å². The predicted molar refractivity (Wildman–Crippen MR) is 56.2 cm³/mol. The van der Waals surface area contributed by atoms with Crippen LogP contribution in [-0.4, -0.2) is 9.78 Å². The van der Waals surface area contributed by atoms with Gasteiger partial charge in [0.2, 0.25) is 0 Å². The molecule has 0 spiro atoms. The third-order valence-corrected chi connectivity index (χ3v) is 2.57. The first-order chi connectivity index (χ1) is 6.11. The Labute approximate surface area is 84.9 Å². The van der Waals surface area contributed by atoms with E-state index in [1.165, 1.54) is 11.3 Å². The maximum absolute atomic E-state index is 6.13. The number of hydrogen-bond acceptors (Lipinski definition) is 1. The van der Waals surface area contributed by atoms with Crippen molar-refractivity contribution in [3.8, 4) is 0 Å². The highest BCUT2D eigenvalue weighted by Crippen LogP contribution is 2.27. The molecule has 0 radical (unpaired) electrons. The Kier molecular flexibility index (Phi) is 3.37. The molecule has 0 amide bonds. The van der Waals surface area contributed by atoms with E-state index in [-0.39, 0.29) is 5.38 Å². The lowest BCUT2D eigenvalue weighted by Crippen LogP contribution is -1.98. The molecule has 2 nitrogen and oxygen atoms in total. The van der Waals surface area contributed by atoms with E-state index in [2.05, 4.69) is 18.9 Å². The zero-order valence-electron chi connectivity index (χ0n) is 8.76. The van der Waals surface area contributed by atoms with Crippen molar-refractivity contribution in [1.82, 2.24) is 9.78 Å². The molecule has 3 heteroatoms. The zero-order chi connectivity index (χ0) is 10.0. The van der Waals surface area contributed by atoms with Crippen molar-refractivity contribution in [3.05, 3.63) is 17.0 Å². The van der Waals surface area contributed by atoms with Gasteiger partial charge in [0.15, 0.2) is 0 Å². The summed E-state index contributed by atoms with van der Waals surface area (Å²) in [5.41, 5.74) is 3.63. The molecule has 0 N–H and O–H groups in total. The van der Waals surface area contributed by atoms with Crippen LogP contribution in [-0.2, 0) is 19.9 Å². The van der Waals surface area contributed by atoms with Crippen LogP contribution >= 0.6 is 11.6 Å². The molecule has 1 aromatic rings. The van der Waals surface area contributed by atoms with Crippen LogP contribution in [0, 0.1) is 0 Å². The normalized spacial score (nSPS) is 13.3. The van der Waals surface area contributed by atoms with Gasteiger partial charge in [-0.15, -0.1) is 11.6 Å². The molecule has 0 saturated carbocycles. The van der Waals surface area contributed by atoms with Crippen LogP contribution in [0.5, 0.6) is 0 Å². The average Bonchev–Trinajstić information content (AvgIpc) is 2.41. The topological polar surface area (TPSA) is 17.8 Å². The highest BCUT2D eigenvalue weighted by atomic mass is 35.5. The van der Waals surface area contributed by atoms with Gasteiger partial charge in [-0.3, -0.25) is 4.68 Å². The molecule has 1 unspecified atom stereocenters. The van der Waals surface area contributed by atoms with Crippen molar-refractivity contribution in [2.45, 2.75) is 39.0 Å². The highest BCUT2D eigenvalue weighted by Gasteiger charge is 2.16. The van der Waals surface area contributed by atoms with Gasteiger partial charge in [-0.05, 0) is 19.8 Å². The van der Waals surface area contributed by atoms with E-state index in [4.69, 9.17) is 11.6 Å². The number of halogens is 1. The minimum Gasteiger partial charge on any atom is -0.272 e. The number of alkyl halides is 1. The fourth-order valence-electron chi connectivity index (χ4n) is 1.78. The van der Waals surface area contributed by atoms with E-state index >= 15 is 0 Å². The van der Waals surface area contributed by atoms with Crippen LogP contribution in [0.15, 0.2) is 0 Å². The molecule has 0 saturated heterocycles. The van der Waals surface area contributed by atoms with Crippen molar-refractivity contribution < 1.29 is 0 Å². The first-order valence-electron chi connectivity index (χ1n) is 4.80. The van der Waals surface area contributed by atoms with Gasteiger partial charge >= 0.3 is 0 Å². The van der Waals surface area contributed by atoms with Gasteiger partial charge in [0.1, 0.15) is 0 Å². The first-order valence-corrected chi connectivity index (χ1v) is 5.24. The van der Waals surface area contributed by atoms with Crippen molar-refractivity contribution in [1.29, 1.82) is 0 Å². The summed E-state index contributed by atoms with van der Waals surface area (Å²) in [6, 6.07) is 0. The molecule has 1 rings (SSSR count). The molecule has 0 aliphatic rings. The fraction of sp³-hybridized carbons (Fsp3) is 0.700. The van der Waals surface area contributed by atoms with Crippen LogP contribution in [0.3, 0.4) is 0 Å². The lowest BCUT2D eigenvalue weighted by Gasteiger charge is -2.05. The monoisotopic (exact) mass is 200 g/mol. The van der Waals surface area contributed by atoms with E-state index in [0.717, 1.165) is 18.5 Å². The van der Waals surface area contributed by atoms with E-state index in [1.807, 2.05) is 18.7 Å². The van der Waals surface area contributed by atoms with Gasteiger partial charge in [0.05, 0.1) is 11.1 Å². The van der Waals surface area contributed by atoms with Crippen LogP contribution in [0.1, 0.15) is 43.1 Å². The minimum atomic E-state index is 0.0681. The highest BCUT2D eigenvalue weighted by molar-refractivity contribution is 6.20. The number of aromatic nitrogens is 2. The summed E-state index contributed by atoms with van der Waals surface area (Å²) in [7, 11) is 1.99. The summed E-state index contributed by atoms with van der Waals surface area (Å²) in [5.74, 6) is 0. The second kappa shape index (κ2) is 4.14. The molecular formula is C10H17ClN2. The average molecular weight is 201 g/mol. The Morgan fingerprint density at radius 2 is 2.00 bits per heavy atom. The molecule has 1 heterocycles. The van der Waals surface area contributed by atoms with Crippen LogP contribution in [0.25, 0.3) is 0 Å². The molecule has 0 fully saturated rings. The summed E-state index contributed by atoms with van der Waals surface area (Å²) in [6.07, 6.45) is 1.95. The number of aryl methyl sites for hydroxylation is 2. The lowest BCUT2D eigenvalue weighted by molar-refractivity contribution is 0.703. The Morgan fingerprint density at radius 3 is 2.38 bits per heavy atom. The summed E-state index contributed by atoms with van der Waals surface area (Å²) in [4.78, 5) is 0. The second-order valence-electron chi connectivity index (χ2n) is 3.25. The number of rotatable bonds is 3. The maximum atomic E-state index is 6.13. The standard InChI is InChI=1S/C10H17ClN2/c1-5-8-10(7(3)11)9(6-2)13(4)12-8/h7H,5-6H2,1-4H3. The third kappa shape index (κ3) is 1.88. The largest absolute Gasteiger partial charge is 0.272 e. The van der Waals surface area contributed by atoms with Gasteiger partial charge in [-0.25, -0.2) is 0 Å². The molecule has 0 aromatic carbocycles. The summed E-state index contributed by atoms with van der Waals surface area (Å²) < 4.78 is 1.95. The molecular weight excluding hydrogens is 184 g/mol. The van der Waals surface area contributed by atoms with Crippen molar-refractivity contribution in [3.63, 3.8) is 0 Å². The van der Waals surface area contributed by atoms with Gasteiger partial charge in [-0.2, -0.15) is 5.10 Å². The number of hydrogen-bond donors (Lipinski definition) is 0. The van der Waals surface area contributed by atoms with Crippen molar-refractivity contribution in [2.75, 3.05) is 0 Å². The molecule has 1 atom stereocenters. The third-order valence-electron chi connectivity index (χ3n) is 2.35. The van der Waals surface area contributed by atoms with Crippen LogP contribution < -0.4 is 0 Å². The zero-order valence-corrected chi connectivity index (χ0v) is 9.52. The van der Waals surface area contributed by atoms with Gasteiger partial charge in [0.25, 0.3) is 0 Å². The Bertz CT molecular complexity index is 289. The lowest BCUT2D eigenvalue weighted by atomic mass is 10.1. The quantitative estimate of drug-likeness (QED) is 0.687. The molecule has 0 aliphatic heterocycles. The second-order valence-corrected chi connectivity index (χ2v) is 3.91. The van der Waals surface area contributed by atoms with Crippen LogP contribution in [0.2, 0.25) is 0 Å². The van der Waals surface area contributed by atoms with E-state index < -0.39 is 0 Å². The fourth-order valence-corrected chi connectivity index (χ4v) is 2.03. The minimum absolute atomic E-state index is 0.0681. The maximum Gasteiger partial charge on any atom is 0.0671 e. The molecule has 1 aromatic heterocycles. The molecule has 74 valence electrons. The van der Waals surface area contributed by atoms with E-state index in [0.29, 0.717) is 0 Å². The predicted octanol–water partition coefficient (Wildman–Crippen LogP) is 2.84. The molecule has 0 bridgehead atoms. The summed E-state index contributed by atoms with van der Waals surface area (Å²) in [5, 5.41) is 4.52. The Balaban J connectivity index is 3.24. The van der Waals surface area contributed by atoms with Gasteiger partial charge < -0.3 is 0 Å². The molecule has 0 aliphatic carbocycles. The number of nitrogens with zero attached hydrogens (tertiary/aromatic N) is 2. The van der Waals surface area contributed by atoms with Crippen molar-refractivity contribution in [2.24, 2.45) is 7.05 Å². The SMILES string of the molecule is CCc1nn(C)c(CC)c1C(C)Cl. The Hall–Kier alpha value is -0.500. The van der Waals surface area contributed by atoms with Crippen LogP contribution in [0.4, 0.5) is 0 Å².